The molecule has 0 radical (unpaired) electrons. The van der Waals surface area contributed by atoms with Crippen molar-refractivity contribution in [3.63, 3.8) is 0 Å². The second-order valence-corrected chi connectivity index (χ2v) is 3.26. The number of carbonyl (C=O) groups excluding carboxylic acids is 1. The number of pyridine rings is 1. The lowest BCUT2D eigenvalue weighted by molar-refractivity contribution is 0.0528. The average Bonchev–Trinajstić information content (AvgIpc) is 2.63. The van der Waals surface area contributed by atoms with E-state index in [1.54, 1.807) is 17.6 Å². The van der Waals surface area contributed by atoms with Crippen LogP contribution >= 0.6 is 0 Å². The van der Waals surface area contributed by atoms with Crippen LogP contribution in [0.2, 0.25) is 0 Å². The van der Waals surface area contributed by atoms with Gasteiger partial charge in [-0.15, -0.1) is 0 Å². The summed E-state index contributed by atoms with van der Waals surface area (Å²) in [6, 6.07) is 3.84. The van der Waals surface area contributed by atoms with Crippen LogP contribution in [0.4, 0.5) is 0 Å². The van der Waals surface area contributed by atoms with E-state index in [1.165, 1.54) is 0 Å². The maximum Gasteiger partial charge on any atom is 0.341 e. The fraction of sp³-hybridized carbons (Fsp3) is 0.273. The Morgan fingerprint density at radius 1 is 1.60 bits per heavy atom. The molecular formula is C11H12N2O2. The molecule has 0 N–H and O–H groups in total. The Balaban J connectivity index is 2.57. The van der Waals surface area contributed by atoms with Gasteiger partial charge >= 0.3 is 5.97 Å². The average molecular weight is 204 g/mol. The van der Waals surface area contributed by atoms with Crippen molar-refractivity contribution in [3.8, 4) is 0 Å². The summed E-state index contributed by atoms with van der Waals surface area (Å²) >= 11 is 0. The Kier molecular flexibility index (Phi) is 2.41. The first kappa shape index (κ1) is 9.71. The van der Waals surface area contributed by atoms with Crippen LogP contribution in [-0.4, -0.2) is 22.2 Å². The lowest BCUT2D eigenvalue weighted by Gasteiger charge is -2.01. The lowest BCUT2D eigenvalue weighted by atomic mass is 10.2. The van der Waals surface area contributed by atoms with Crippen LogP contribution in [0.1, 0.15) is 22.8 Å². The summed E-state index contributed by atoms with van der Waals surface area (Å²) in [6.45, 7) is 4.11. The fourth-order valence-corrected chi connectivity index (χ4v) is 1.57. The van der Waals surface area contributed by atoms with E-state index in [1.807, 2.05) is 25.3 Å². The smallest absolute Gasteiger partial charge is 0.341 e. The molecule has 0 fully saturated rings. The molecule has 0 aromatic carbocycles. The van der Waals surface area contributed by atoms with Gasteiger partial charge in [-0.1, -0.05) is 6.07 Å². The van der Waals surface area contributed by atoms with Crippen molar-refractivity contribution in [3.05, 3.63) is 35.7 Å². The van der Waals surface area contributed by atoms with Crippen molar-refractivity contribution in [2.75, 3.05) is 6.61 Å². The summed E-state index contributed by atoms with van der Waals surface area (Å²) in [5, 5.41) is 4.10. The van der Waals surface area contributed by atoms with Gasteiger partial charge in [0.1, 0.15) is 5.56 Å². The molecule has 2 heterocycles. The third-order valence-corrected chi connectivity index (χ3v) is 2.24. The maximum atomic E-state index is 11.6. The Hall–Kier alpha value is -1.84. The minimum absolute atomic E-state index is 0.318. The first-order chi connectivity index (χ1) is 7.24. The highest BCUT2D eigenvalue weighted by Gasteiger charge is 2.14. The van der Waals surface area contributed by atoms with Crippen LogP contribution in [0.25, 0.3) is 5.52 Å². The lowest BCUT2D eigenvalue weighted by Crippen LogP contribution is -2.04. The largest absolute Gasteiger partial charge is 0.462 e. The highest BCUT2D eigenvalue weighted by atomic mass is 16.5. The van der Waals surface area contributed by atoms with Crippen LogP contribution in [0.3, 0.4) is 0 Å². The molecular weight excluding hydrogens is 192 g/mol. The van der Waals surface area contributed by atoms with E-state index >= 15 is 0 Å². The Bertz CT molecular complexity index is 502. The summed E-state index contributed by atoms with van der Waals surface area (Å²) in [5.41, 5.74) is 2.35. The third-order valence-electron chi connectivity index (χ3n) is 2.24. The van der Waals surface area contributed by atoms with Gasteiger partial charge in [0.15, 0.2) is 0 Å². The monoisotopic (exact) mass is 204 g/mol. The summed E-state index contributed by atoms with van der Waals surface area (Å²) in [6.07, 6.45) is 3.35. The standard InChI is InChI=1S/C11H12N2O2/c1-3-15-11(14)9-7-12-13-6-4-5-8(2)10(9)13/h4-7H,3H2,1-2H3. The molecule has 0 aliphatic heterocycles. The van der Waals surface area contributed by atoms with Gasteiger partial charge in [0, 0.05) is 6.20 Å². The fourth-order valence-electron chi connectivity index (χ4n) is 1.57. The zero-order chi connectivity index (χ0) is 10.8. The van der Waals surface area contributed by atoms with Crippen LogP contribution in [0.15, 0.2) is 24.5 Å². The van der Waals surface area contributed by atoms with E-state index in [2.05, 4.69) is 5.10 Å². The minimum Gasteiger partial charge on any atom is -0.462 e. The van der Waals surface area contributed by atoms with Crippen molar-refractivity contribution in [1.29, 1.82) is 0 Å². The predicted octanol–water partition coefficient (Wildman–Crippen LogP) is 1.82. The van der Waals surface area contributed by atoms with Crippen LogP contribution in [-0.2, 0) is 4.74 Å². The van der Waals surface area contributed by atoms with Gasteiger partial charge in [0.25, 0.3) is 0 Å². The van der Waals surface area contributed by atoms with Crippen LogP contribution < -0.4 is 0 Å². The minimum atomic E-state index is -0.318. The van der Waals surface area contributed by atoms with Crippen LogP contribution in [0, 0.1) is 6.92 Å². The number of aryl methyl sites for hydroxylation is 1. The number of carbonyl (C=O) groups is 1. The van der Waals surface area contributed by atoms with Crippen LogP contribution in [0.5, 0.6) is 0 Å². The normalized spacial score (nSPS) is 10.5. The number of esters is 1. The van der Waals surface area contributed by atoms with E-state index in [0.717, 1.165) is 11.1 Å². The van der Waals surface area contributed by atoms with Gasteiger partial charge in [0.2, 0.25) is 0 Å². The summed E-state index contributed by atoms with van der Waals surface area (Å²) in [5.74, 6) is -0.318. The summed E-state index contributed by atoms with van der Waals surface area (Å²) in [4.78, 5) is 11.6. The predicted molar refractivity (Wildman–Crippen MR) is 55.9 cm³/mol. The van der Waals surface area contributed by atoms with Gasteiger partial charge in [-0.2, -0.15) is 5.10 Å². The third kappa shape index (κ3) is 1.58. The van der Waals surface area contributed by atoms with Gasteiger partial charge < -0.3 is 4.74 Å². The number of hydrogen-bond donors (Lipinski definition) is 0. The molecule has 0 amide bonds. The zero-order valence-corrected chi connectivity index (χ0v) is 8.73. The van der Waals surface area contributed by atoms with Crippen molar-refractivity contribution in [2.45, 2.75) is 13.8 Å². The molecule has 2 aromatic heterocycles. The molecule has 0 aliphatic rings. The number of hydrogen-bond acceptors (Lipinski definition) is 3. The van der Waals surface area contributed by atoms with E-state index in [9.17, 15) is 4.79 Å². The van der Waals surface area contributed by atoms with Gasteiger partial charge in [-0.25, -0.2) is 9.31 Å². The maximum absolute atomic E-state index is 11.6. The number of rotatable bonds is 2. The Morgan fingerprint density at radius 3 is 3.13 bits per heavy atom. The van der Waals surface area contributed by atoms with Crippen molar-refractivity contribution in [1.82, 2.24) is 9.61 Å². The second kappa shape index (κ2) is 3.73. The number of fused-ring (bicyclic) bond motifs is 1. The molecule has 0 saturated heterocycles. The molecule has 0 saturated carbocycles. The second-order valence-electron chi connectivity index (χ2n) is 3.26. The molecule has 0 unspecified atom stereocenters. The summed E-state index contributed by atoms with van der Waals surface area (Å²) in [7, 11) is 0. The number of nitrogens with zero attached hydrogens (tertiary/aromatic N) is 2. The van der Waals surface area contributed by atoms with E-state index < -0.39 is 0 Å². The van der Waals surface area contributed by atoms with Crippen molar-refractivity contribution in [2.24, 2.45) is 0 Å². The van der Waals surface area contributed by atoms with Crippen molar-refractivity contribution >= 4 is 11.5 Å². The van der Waals surface area contributed by atoms with Crippen molar-refractivity contribution < 1.29 is 9.53 Å². The molecule has 2 rings (SSSR count). The number of aromatic nitrogens is 2. The van der Waals surface area contributed by atoms with Gasteiger partial charge in [-0.05, 0) is 25.5 Å². The van der Waals surface area contributed by atoms with E-state index in [-0.39, 0.29) is 5.97 Å². The first-order valence-electron chi connectivity index (χ1n) is 4.84. The molecule has 78 valence electrons. The molecule has 15 heavy (non-hydrogen) atoms. The van der Waals surface area contributed by atoms with E-state index in [4.69, 9.17) is 4.74 Å². The van der Waals surface area contributed by atoms with Gasteiger partial charge in [-0.3, -0.25) is 0 Å². The van der Waals surface area contributed by atoms with E-state index in [0.29, 0.717) is 12.2 Å². The first-order valence-corrected chi connectivity index (χ1v) is 4.84. The molecule has 0 bridgehead atoms. The molecule has 0 aliphatic carbocycles. The quantitative estimate of drug-likeness (QED) is 0.701. The highest BCUT2D eigenvalue weighted by Crippen LogP contribution is 2.15. The zero-order valence-electron chi connectivity index (χ0n) is 8.73. The Morgan fingerprint density at radius 2 is 2.40 bits per heavy atom. The molecule has 0 atom stereocenters. The Labute approximate surface area is 87.5 Å². The summed E-state index contributed by atoms with van der Waals surface area (Å²) < 4.78 is 6.64. The molecule has 0 spiro atoms. The highest BCUT2D eigenvalue weighted by molar-refractivity contribution is 5.97. The SMILES string of the molecule is CCOC(=O)c1cnn2cccc(C)c12. The number of ether oxygens (including phenoxy) is 1. The molecule has 4 heteroatoms. The molecule has 2 aromatic rings. The molecule has 4 nitrogen and oxygen atoms in total. The van der Waals surface area contributed by atoms with Gasteiger partial charge in [0.05, 0.1) is 18.3 Å². The topological polar surface area (TPSA) is 43.6 Å².